The van der Waals surface area contributed by atoms with Crippen LogP contribution in [0.4, 0.5) is 5.69 Å². The molecule has 2 aromatic rings. The van der Waals surface area contributed by atoms with E-state index in [-0.39, 0.29) is 9.92 Å². The van der Waals surface area contributed by atoms with E-state index in [1.807, 2.05) is 0 Å². The highest BCUT2D eigenvalue weighted by atomic mass is 35.5. The largest absolute Gasteiger partial charge is 0.280 e. The summed E-state index contributed by atoms with van der Waals surface area (Å²) in [5.41, 5.74) is 1.60. The van der Waals surface area contributed by atoms with Crippen LogP contribution in [0.2, 0.25) is 15.1 Å². The summed E-state index contributed by atoms with van der Waals surface area (Å²) < 4.78 is 27.4. The Labute approximate surface area is 138 Å². The zero-order valence-corrected chi connectivity index (χ0v) is 14.3. The van der Waals surface area contributed by atoms with Crippen LogP contribution in [-0.4, -0.2) is 8.42 Å². The van der Waals surface area contributed by atoms with E-state index >= 15 is 0 Å². The van der Waals surface area contributed by atoms with Gasteiger partial charge in [0.2, 0.25) is 0 Å². The first kappa shape index (κ1) is 16.4. The molecule has 0 aromatic heterocycles. The fourth-order valence-corrected chi connectivity index (χ4v) is 3.69. The number of halogens is 3. The maximum atomic E-state index is 12.5. The molecule has 0 atom stereocenters. The number of aryl methyl sites for hydroxylation is 2. The van der Waals surface area contributed by atoms with E-state index in [9.17, 15) is 8.42 Å². The standard InChI is InChI=1S/C14H12Cl3NO2S/c1-8-6-14(9(2)5-12(8)16)21(19,20)18-10-3-4-11(15)13(17)7-10/h3-7,18H,1-2H3. The van der Waals surface area contributed by atoms with Gasteiger partial charge in [0.25, 0.3) is 10.0 Å². The number of hydrogen-bond acceptors (Lipinski definition) is 2. The van der Waals surface area contributed by atoms with Crippen LogP contribution < -0.4 is 4.72 Å². The highest BCUT2D eigenvalue weighted by Crippen LogP contribution is 2.28. The Hall–Kier alpha value is -0.940. The van der Waals surface area contributed by atoms with Gasteiger partial charge < -0.3 is 0 Å². The van der Waals surface area contributed by atoms with Gasteiger partial charge in [0.1, 0.15) is 0 Å². The Morgan fingerprint density at radius 1 is 0.857 bits per heavy atom. The zero-order chi connectivity index (χ0) is 15.8. The molecule has 0 bridgehead atoms. The van der Waals surface area contributed by atoms with E-state index < -0.39 is 10.0 Å². The van der Waals surface area contributed by atoms with Crippen LogP contribution in [0, 0.1) is 13.8 Å². The smallest absolute Gasteiger partial charge is 0.262 e. The van der Waals surface area contributed by atoms with Crippen molar-refractivity contribution in [3.8, 4) is 0 Å². The molecule has 0 aliphatic rings. The second kappa shape index (κ2) is 6.05. The lowest BCUT2D eigenvalue weighted by atomic mass is 10.2. The van der Waals surface area contributed by atoms with Gasteiger partial charge in [-0.05, 0) is 55.3 Å². The average molecular weight is 365 g/mol. The van der Waals surface area contributed by atoms with Gasteiger partial charge in [-0.15, -0.1) is 0 Å². The second-order valence-electron chi connectivity index (χ2n) is 4.60. The van der Waals surface area contributed by atoms with Gasteiger partial charge in [0.15, 0.2) is 0 Å². The summed E-state index contributed by atoms with van der Waals surface area (Å²) in [5, 5.41) is 1.17. The number of hydrogen-bond donors (Lipinski definition) is 1. The molecule has 2 aromatic carbocycles. The predicted molar refractivity (Wildman–Crippen MR) is 88.2 cm³/mol. The number of sulfonamides is 1. The Bertz CT molecular complexity index is 804. The lowest BCUT2D eigenvalue weighted by molar-refractivity contribution is 0.600. The monoisotopic (exact) mass is 363 g/mol. The normalized spacial score (nSPS) is 11.5. The molecular weight excluding hydrogens is 353 g/mol. The lowest BCUT2D eigenvalue weighted by Crippen LogP contribution is -2.14. The topological polar surface area (TPSA) is 46.2 Å². The summed E-state index contributed by atoms with van der Waals surface area (Å²) in [6.07, 6.45) is 0. The average Bonchev–Trinajstić information content (AvgIpc) is 2.37. The van der Waals surface area contributed by atoms with Crippen LogP contribution in [0.5, 0.6) is 0 Å². The summed E-state index contributed by atoms with van der Waals surface area (Å²) in [4.78, 5) is 0.176. The highest BCUT2D eigenvalue weighted by Gasteiger charge is 2.18. The number of anilines is 1. The van der Waals surface area contributed by atoms with Gasteiger partial charge in [0.05, 0.1) is 20.6 Å². The van der Waals surface area contributed by atoms with Gasteiger partial charge in [-0.1, -0.05) is 34.8 Å². The third-order valence-corrected chi connectivity index (χ3v) is 5.59. The maximum absolute atomic E-state index is 12.5. The third-order valence-electron chi connectivity index (χ3n) is 2.92. The fraction of sp³-hybridized carbons (Fsp3) is 0.143. The van der Waals surface area contributed by atoms with Gasteiger partial charge in [-0.3, -0.25) is 4.72 Å². The van der Waals surface area contributed by atoms with E-state index in [0.29, 0.717) is 26.9 Å². The minimum absolute atomic E-state index is 0.176. The van der Waals surface area contributed by atoms with Crippen molar-refractivity contribution in [3.63, 3.8) is 0 Å². The summed E-state index contributed by atoms with van der Waals surface area (Å²) >= 11 is 17.7. The molecule has 0 saturated carbocycles. The van der Waals surface area contributed by atoms with Crippen LogP contribution in [0.25, 0.3) is 0 Å². The maximum Gasteiger partial charge on any atom is 0.262 e. The second-order valence-corrected chi connectivity index (χ2v) is 7.47. The molecule has 0 unspecified atom stereocenters. The Kier molecular flexibility index (Phi) is 4.73. The van der Waals surface area contributed by atoms with Crippen LogP contribution in [0.1, 0.15) is 11.1 Å². The molecule has 0 spiro atoms. The van der Waals surface area contributed by atoms with Gasteiger partial charge in [-0.25, -0.2) is 8.42 Å². The van der Waals surface area contributed by atoms with Crippen LogP contribution in [0.3, 0.4) is 0 Å². The van der Waals surface area contributed by atoms with E-state index in [4.69, 9.17) is 34.8 Å². The molecule has 0 heterocycles. The SMILES string of the molecule is Cc1cc(S(=O)(=O)Nc2ccc(Cl)c(Cl)c2)c(C)cc1Cl. The Morgan fingerprint density at radius 3 is 2.14 bits per heavy atom. The zero-order valence-electron chi connectivity index (χ0n) is 11.2. The highest BCUT2D eigenvalue weighted by molar-refractivity contribution is 7.92. The molecule has 112 valence electrons. The fourth-order valence-electron chi connectivity index (χ4n) is 1.81. The van der Waals surface area contributed by atoms with Crippen LogP contribution >= 0.6 is 34.8 Å². The van der Waals surface area contributed by atoms with Gasteiger partial charge >= 0.3 is 0 Å². The molecule has 7 heteroatoms. The number of benzene rings is 2. The van der Waals surface area contributed by atoms with E-state index in [1.165, 1.54) is 18.2 Å². The minimum atomic E-state index is -3.72. The quantitative estimate of drug-likeness (QED) is 0.827. The summed E-state index contributed by atoms with van der Waals surface area (Å²) in [6.45, 7) is 3.44. The van der Waals surface area contributed by atoms with Crippen molar-refractivity contribution in [1.29, 1.82) is 0 Å². The molecular formula is C14H12Cl3NO2S. The molecule has 0 fully saturated rings. The minimum Gasteiger partial charge on any atom is -0.280 e. The van der Waals surface area contributed by atoms with E-state index in [2.05, 4.69) is 4.72 Å². The molecule has 21 heavy (non-hydrogen) atoms. The number of nitrogens with one attached hydrogen (secondary N) is 1. The Balaban J connectivity index is 2.43. The van der Waals surface area contributed by atoms with Gasteiger partial charge in [0, 0.05) is 5.02 Å². The molecule has 0 aliphatic carbocycles. The Morgan fingerprint density at radius 2 is 1.52 bits per heavy atom. The molecule has 0 saturated heterocycles. The van der Waals surface area contributed by atoms with Crippen molar-refractivity contribution >= 4 is 50.5 Å². The van der Waals surface area contributed by atoms with Crippen molar-refractivity contribution in [1.82, 2.24) is 0 Å². The van der Waals surface area contributed by atoms with E-state index in [1.54, 1.807) is 26.0 Å². The van der Waals surface area contributed by atoms with E-state index in [0.717, 1.165) is 0 Å². The molecule has 3 nitrogen and oxygen atoms in total. The first-order valence-electron chi connectivity index (χ1n) is 5.95. The summed E-state index contributed by atoms with van der Waals surface area (Å²) in [6, 6.07) is 7.70. The molecule has 0 radical (unpaired) electrons. The van der Waals surface area contributed by atoms with Crippen LogP contribution in [0.15, 0.2) is 35.2 Å². The molecule has 1 N–H and O–H groups in total. The van der Waals surface area contributed by atoms with Crippen LogP contribution in [-0.2, 0) is 10.0 Å². The molecule has 0 amide bonds. The molecule has 0 aliphatic heterocycles. The third kappa shape index (κ3) is 3.64. The van der Waals surface area contributed by atoms with Crippen molar-refractivity contribution in [2.45, 2.75) is 18.7 Å². The molecule has 2 rings (SSSR count). The number of rotatable bonds is 3. The predicted octanol–water partition coefficient (Wildman–Crippen LogP) is 5.06. The van der Waals surface area contributed by atoms with Gasteiger partial charge in [-0.2, -0.15) is 0 Å². The van der Waals surface area contributed by atoms with Crippen molar-refractivity contribution in [3.05, 3.63) is 56.5 Å². The van der Waals surface area contributed by atoms with Crippen molar-refractivity contribution < 1.29 is 8.42 Å². The lowest BCUT2D eigenvalue weighted by Gasteiger charge is -2.12. The van der Waals surface area contributed by atoms with Crippen molar-refractivity contribution in [2.24, 2.45) is 0 Å². The van der Waals surface area contributed by atoms with Crippen molar-refractivity contribution in [2.75, 3.05) is 4.72 Å². The summed E-state index contributed by atoms with van der Waals surface area (Å²) in [5.74, 6) is 0. The summed E-state index contributed by atoms with van der Waals surface area (Å²) in [7, 11) is -3.72. The first-order valence-corrected chi connectivity index (χ1v) is 8.57. The first-order chi connectivity index (χ1) is 9.70.